The first-order valence-electron chi connectivity index (χ1n) is 6.57. The summed E-state index contributed by atoms with van der Waals surface area (Å²) in [4.78, 5) is 24.2. The molecule has 1 aliphatic heterocycles. The van der Waals surface area contributed by atoms with Gasteiger partial charge in [0, 0.05) is 10.0 Å². The average molecular weight is 460 g/mol. The molecule has 0 aromatic heterocycles. The number of halogens is 2. The van der Waals surface area contributed by atoms with Gasteiger partial charge in [-0.25, -0.2) is 4.79 Å². The fourth-order valence-electron chi connectivity index (χ4n) is 2.47. The number of nitrogens with zero attached hydrogens (tertiary/aromatic N) is 1. The molecule has 1 aromatic carbocycles. The Bertz CT molecular complexity index is 785. The van der Waals surface area contributed by atoms with Gasteiger partial charge in [0.1, 0.15) is 11.3 Å². The Labute approximate surface area is 154 Å². The van der Waals surface area contributed by atoms with Crippen LogP contribution in [0.3, 0.4) is 0 Å². The van der Waals surface area contributed by atoms with Crippen LogP contribution in [0, 0.1) is 17.2 Å². The van der Waals surface area contributed by atoms with E-state index in [1.807, 2.05) is 6.07 Å². The fourth-order valence-corrected chi connectivity index (χ4v) is 3.81. The van der Waals surface area contributed by atoms with Crippen molar-refractivity contribution in [1.29, 1.82) is 5.26 Å². The lowest BCUT2D eigenvalue weighted by Crippen LogP contribution is -2.33. The lowest BCUT2D eigenvalue weighted by molar-refractivity contribution is -0.144. The number of hydrogen-bond donors (Lipinski definition) is 1. The number of methoxy groups -OCH3 is 2. The lowest BCUT2D eigenvalue weighted by atomic mass is 9.79. The summed E-state index contributed by atoms with van der Waals surface area (Å²) < 4.78 is 16.1. The Morgan fingerprint density at radius 1 is 1.33 bits per heavy atom. The molecule has 0 radical (unpaired) electrons. The largest absolute Gasteiger partial charge is 0.468 e. The molecule has 7 nitrogen and oxygen atoms in total. The number of esters is 2. The van der Waals surface area contributed by atoms with E-state index >= 15 is 0 Å². The quantitative estimate of drug-likeness (QED) is 0.690. The molecule has 0 amide bonds. The van der Waals surface area contributed by atoms with Crippen LogP contribution in [0.5, 0.6) is 5.75 Å². The van der Waals surface area contributed by atoms with E-state index < -0.39 is 23.8 Å². The van der Waals surface area contributed by atoms with Gasteiger partial charge < -0.3 is 19.9 Å². The highest BCUT2D eigenvalue weighted by molar-refractivity contribution is 9.11. The molecule has 0 aliphatic carbocycles. The third-order valence-corrected chi connectivity index (χ3v) is 4.54. The maximum atomic E-state index is 12.2. The van der Waals surface area contributed by atoms with Crippen molar-refractivity contribution in [3.05, 3.63) is 38.1 Å². The summed E-state index contributed by atoms with van der Waals surface area (Å²) in [6.07, 6.45) is 0. The van der Waals surface area contributed by atoms with Crippen LogP contribution in [0.4, 0.5) is 0 Å². The van der Waals surface area contributed by atoms with Crippen molar-refractivity contribution in [2.75, 3.05) is 14.2 Å². The number of nitriles is 1. The maximum Gasteiger partial charge on any atom is 0.339 e. The number of carbonyl (C=O) groups excluding carboxylic acids is 2. The van der Waals surface area contributed by atoms with Gasteiger partial charge in [0.05, 0.1) is 30.7 Å². The minimum Gasteiger partial charge on any atom is -0.468 e. The smallest absolute Gasteiger partial charge is 0.339 e. The Morgan fingerprint density at radius 2 is 2.00 bits per heavy atom. The van der Waals surface area contributed by atoms with Gasteiger partial charge in [-0.1, -0.05) is 15.9 Å². The molecule has 0 bridgehead atoms. The van der Waals surface area contributed by atoms with Crippen LogP contribution >= 0.6 is 31.9 Å². The number of fused-ring (bicyclic) bond motifs is 1. The van der Waals surface area contributed by atoms with Crippen molar-refractivity contribution in [2.24, 2.45) is 11.7 Å². The maximum absolute atomic E-state index is 12.2. The molecule has 2 rings (SSSR count). The molecule has 0 fully saturated rings. The van der Waals surface area contributed by atoms with E-state index in [0.717, 1.165) is 7.11 Å². The second-order valence-corrected chi connectivity index (χ2v) is 6.56. The predicted octanol–water partition coefficient (Wildman–Crippen LogP) is 2.34. The number of rotatable bonds is 3. The van der Waals surface area contributed by atoms with Gasteiger partial charge in [-0.3, -0.25) is 4.79 Å². The van der Waals surface area contributed by atoms with E-state index in [1.165, 1.54) is 7.11 Å². The molecule has 0 spiro atoms. The van der Waals surface area contributed by atoms with Crippen LogP contribution in [0.15, 0.2) is 32.5 Å². The highest BCUT2D eigenvalue weighted by atomic mass is 79.9. The zero-order chi connectivity index (χ0) is 18.0. The van der Waals surface area contributed by atoms with Crippen LogP contribution in [0.2, 0.25) is 0 Å². The molecule has 0 saturated heterocycles. The summed E-state index contributed by atoms with van der Waals surface area (Å²) in [5.74, 6) is -3.79. The van der Waals surface area contributed by atoms with Crippen LogP contribution in [-0.2, 0) is 19.1 Å². The third kappa shape index (κ3) is 3.12. The van der Waals surface area contributed by atoms with Crippen molar-refractivity contribution in [1.82, 2.24) is 0 Å². The molecule has 1 heterocycles. The summed E-state index contributed by atoms with van der Waals surface area (Å²) >= 11 is 6.67. The van der Waals surface area contributed by atoms with Crippen molar-refractivity contribution >= 4 is 43.8 Å². The van der Waals surface area contributed by atoms with Crippen LogP contribution in [0.25, 0.3) is 0 Å². The van der Waals surface area contributed by atoms with E-state index in [1.54, 1.807) is 12.1 Å². The molecule has 0 saturated carbocycles. The Balaban J connectivity index is 2.76. The minimum absolute atomic E-state index is 0.105. The average Bonchev–Trinajstić information content (AvgIpc) is 2.55. The van der Waals surface area contributed by atoms with Gasteiger partial charge >= 0.3 is 11.9 Å². The Morgan fingerprint density at radius 3 is 2.54 bits per heavy atom. The van der Waals surface area contributed by atoms with E-state index in [4.69, 9.17) is 15.2 Å². The van der Waals surface area contributed by atoms with E-state index in [0.29, 0.717) is 20.3 Å². The molecule has 1 aliphatic rings. The fraction of sp³-hybridized carbons (Fsp3) is 0.267. The molecule has 2 unspecified atom stereocenters. The molecule has 9 heteroatoms. The van der Waals surface area contributed by atoms with Crippen LogP contribution in [0.1, 0.15) is 11.5 Å². The Kier molecular flexibility index (Phi) is 5.51. The molecule has 24 heavy (non-hydrogen) atoms. The molecular weight excluding hydrogens is 448 g/mol. The topological polar surface area (TPSA) is 112 Å². The second-order valence-electron chi connectivity index (χ2n) is 4.79. The number of hydrogen-bond acceptors (Lipinski definition) is 7. The first kappa shape index (κ1) is 18.3. The Hall–Kier alpha value is -2.05. The summed E-state index contributed by atoms with van der Waals surface area (Å²) in [6.45, 7) is 0. The van der Waals surface area contributed by atoms with Crippen molar-refractivity contribution in [3.8, 4) is 11.8 Å². The van der Waals surface area contributed by atoms with E-state index in [9.17, 15) is 14.9 Å². The van der Waals surface area contributed by atoms with Gasteiger partial charge in [0.25, 0.3) is 0 Å². The predicted molar refractivity (Wildman–Crippen MR) is 89.6 cm³/mol. The van der Waals surface area contributed by atoms with E-state index in [2.05, 4.69) is 36.6 Å². The molecule has 1 aromatic rings. The molecule has 126 valence electrons. The summed E-state index contributed by atoms with van der Waals surface area (Å²) in [5.41, 5.74) is 6.19. The van der Waals surface area contributed by atoms with Crippen LogP contribution < -0.4 is 10.5 Å². The minimum atomic E-state index is -1.30. The second kappa shape index (κ2) is 7.23. The summed E-state index contributed by atoms with van der Waals surface area (Å²) in [5, 5.41) is 9.47. The molecule has 2 N–H and O–H groups in total. The first-order valence-corrected chi connectivity index (χ1v) is 8.16. The van der Waals surface area contributed by atoms with Gasteiger partial charge in [-0.2, -0.15) is 5.26 Å². The van der Waals surface area contributed by atoms with Gasteiger partial charge in [-0.05, 0) is 28.1 Å². The van der Waals surface area contributed by atoms with Crippen LogP contribution in [-0.4, -0.2) is 26.2 Å². The highest BCUT2D eigenvalue weighted by Gasteiger charge is 2.43. The van der Waals surface area contributed by atoms with Gasteiger partial charge in [0.2, 0.25) is 5.88 Å². The third-order valence-electron chi connectivity index (χ3n) is 3.49. The standard InChI is InChI=1S/C15H12Br2N2O5/c1-22-14(20)8(5-18)10-7-3-6(16)4-9(17)12(7)24-13(19)11(10)15(21)23-2/h3-4,8,10H,19H2,1-2H3. The number of benzene rings is 1. The summed E-state index contributed by atoms with van der Waals surface area (Å²) in [6, 6.07) is 5.23. The highest BCUT2D eigenvalue weighted by Crippen LogP contribution is 2.47. The van der Waals surface area contributed by atoms with E-state index in [-0.39, 0.29) is 11.5 Å². The van der Waals surface area contributed by atoms with Crippen molar-refractivity contribution in [3.63, 3.8) is 0 Å². The number of carbonyl (C=O) groups is 2. The number of nitrogens with two attached hydrogens (primary N) is 1. The summed E-state index contributed by atoms with van der Waals surface area (Å²) in [7, 11) is 2.33. The molecule has 2 atom stereocenters. The monoisotopic (exact) mass is 458 g/mol. The number of ether oxygens (including phenoxy) is 3. The van der Waals surface area contributed by atoms with Crippen molar-refractivity contribution in [2.45, 2.75) is 5.92 Å². The first-order chi connectivity index (χ1) is 11.3. The SMILES string of the molecule is COC(=O)C1=C(N)Oc2c(Br)cc(Br)cc2C1C(C#N)C(=O)OC. The zero-order valence-corrected chi connectivity index (χ0v) is 15.8. The van der Waals surface area contributed by atoms with Crippen molar-refractivity contribution < 1.29 is 23.8 Å². The lowest BCUT2D eigenvalue weighted by Gasteiger charge is -2.30. The van der Waals surface area contributed by atoms with Gasteiger partial charge in [-0.15, -0.1) is 0 Å². The molecular formula is C15H12Br2N2O5. The normalized spacial score (nSPS) is 17.2. The van der Waals surface area contributed by atoms with Gasteiger partial charge in [0.15, 0.2) is 5.92 Å². The zero-order valence-electron chi connectivity index (χ0n) is 12.6.